The standard InChI is InChI=1S/C23H30N4/c1(2-8-16-27-17-14-24-15-18-27)7-13-25-23-19-9-3-5-11-21(19)26-22-12-6-4-10-20(22)23/h3-6,9-12,24H,1-2,7-8,13-18H2,(H,25,26). The number of unbranched alkanes of at least 4 members (excludes halogenated alkanes) is 3. The Morgan fingerprint density at radius 1 is 0.815 bits per heavy atom. The zero-order valence-corrected chi connectivity index (χ0v) is 16.1. The van der Waals surface area contributed by atoms with E-state index in [0.717, 1.165) is 30.7 Å². The van der Waals surface area contributed by atoms with Crippen LogP contribution in [0.15, 0.2) is 48.5 Å². The first kappa shape index (κ1) is 18.2. The van der Waals surface area contributed by atoms with Gasteiger partial charge in [0.1, 0.15) is 0 Å². The quantitative estimate of drug-likeness (QED) is 0.464. The van der Waals surface area contributed by atoms with Gasteiger partial charge in [0.15, 0.2) is 0 Å². The lowest BCUT2D eigenvalue weighted by atomic mass is 10.1. The molecular formula is C23H30N4. The number of piperazine rings is 1. The predicted octanol–water partition coefficient (Wildman–Crippen LogP) is 4.27. The molecule has 2 N–H and O–H groups in total. The summed E-state index contributed by atoms with van der Waals surface area (Å²) in [6.07, 6.45) is 5.15. The summed E-state index contributed by atoms with van der Waals surface area (Å²) in [4.78, 5) is 7.39. The van der Waals surface area contributed by atoms with Gasteiger partial charge >= 0.3 is 0 Å². The fraction of sp³-hybridized carbons (Fsp3) is 0.435. The van der Waals surface area contributed by atoms with Crippen molar-refractivity contribution in [1.29, 1.82) is 0 Å². The van der Waals surface area contributed by atoms with Gasteiger partial charge in [0.25, 0.3) is 0 Å². The Kier molecular flexibility index (Phi) is 6.17. The molecule has 0 aliphatic carbocycles. The summed E-state index contributed by atoms with van der Waals surface area (Å²) in [6.45, 7) is 7.00. The molecule has 0 unspecified atom stereocenters. The summed E-state index contributed by atoms with van der Waals surface area (Å²) < 4.78 is 0. The number of para-hydroxylation sites is 2. The zero-order chi connectivity index (χ0) is 18.3. The van der Waals surface area contributed by atoms with Crippen molar-refractivity contribution in [3.05, 3.63) is 48.5 Å². The van der Waals surface area contributed by atoms with Crippen molar-refractivity contribution in [2.45, 2.75) is 25.7 Å². The Hall–Kier alpha value is -2.17. The largest absolute Gasteiger partial charge is 0.384 e. The average Bonchev–Trinajstić information content (AvgIpc) is 2.73. The van der Waals surface area contributed by atoms with E-state index in [0.29, 0.717) is 0 Å². The van der Waals surface area contributed by atoms with Crippen LogP contribution >= 0.6 is 0 Å². The minimum absolute atomic E-state index is 1.02. The van der Waals surface area contributed by atoms with Crippen molar-refractivity contribution in [3.8, 4) is 0 Å². The first-order valence-corrected chi connectivity index (χ1v) is 10.4. The van der Waals surface area contributed by atoms with Crippen LogP contribution in [-0.2, 0) is 0 Å². The Bertz CT molecular complexity index is 817. The topological polar surface area (TPSA) is 40.2 Å². The Balaban J connectivity index is 1.30. The monoisotopic (exact) mass is 362 g/mol. The fourth-order valence-electron chi connectivity index (χ4n) is 3.99. The number of anilines is 1. The van der Waals surface area contributed by atoms with E-state index in [-0.39, 0.29) is 0 Å². The molecule has 0 bridgehead atoms. The number of hydrogen-bond donors (Lipinski definition) is 2. The van der Waals surface area contributed by atoms with Crippen molar-refractivity contribution >= 4 is 27.5 Å². The lowest BCUT2D eigenvalue weighted by Crippen LogP contribution is -2.43. The lowest BCUT2D eigenvalue weighted by molar-refractivity contribution is 0.236. The number of pyridine rings is 1. The molecule has 0 radical (unpaired) electrons. The molecule has 1 fully saturated rings. The molecule has 1 saturated heterocycles. The summed E-state index contributed by atoms with van der Waals surface area (Å²) in [5, 5.41) is 9.57. The molecule has 2 heterocycles. The predicted molar refractivity (Wildman–Crippen MR) is 116 cm³/mol. The van der Waals surface area contributed by atoms with E-state index in [9.17, 15) is 0 Å². The molecule has 2 aromatic carbocycles. The highest BCUT2D eigenvalue weighted by molar-refractivity contribution is 6.07. The van der Waals surface area contributed by atoms with Gasteiger partial charge in [-0.05, 0) is 31.5 Å². The minimum atomic E-state index is 1.02. The van der Waals surface area contributed by atoms with E-state index in [4.69, 9.17) is 4.98 Å². The van der Waals surface area contributed by atoms with Crippen LogP contribution in [-0.4, -0.2) is 49.2 Å². The van der Waals surface area contributed by atoms with Gasteiger partial charge in [-0.15, -0.1) is 0 Å². The highest BCUT2D eigenvalue weighted by Crippen LogP contribution is 2.30. The number of aromatic nitrogens is 1. The van der Waals surface area contributed by atoms with Crippen LogP contribution in [0, 0.1) is 0 Å². The van der Waals surface area contributed by atoms with Gasteiger partial charge in [-0.3, -0.25) is 0 Å². The second-order valence-corrected chi connectivity index (χ2v) is 7.45. The minimum Gasteiger partial charge on any atom is -0.384 e. The van der Waals surface area contributed by atoms with Crippen molar-refractivity contribution < 1.29 is 0 Å². The van der Waals surface area contributed by atoms with Crippen LogP contribution < -0.4 is 10.6 Å². The molecule has 0 spiro atoms. The van der Waals surface area contributed by atoms with E-state index in [1.165, 1.54) is 61.8 Å². The molecule has 27 heavy (non-hydrogen) atoms. The second-order valence-electron chi connectivity index (χ2n) is 7.45. The molecule has 3 aromatic rings. The third kappa shape index (κ3) is 4.57. The van der Waals surface area contributed by atoms with Crippen LogP contribution in [0.5, 0.6) is 0 Å². The number of fused-ring (bicyclic) bond motifs is 2. The zero-order valence-electron chi connectivity index (χ0n) is 16.1. The summed E-state index contributed by atoms with van der Waals surface area (Å²) in [7, 11) is 0. The maximum atomic E-state index is 4.80. The summed E-state index contributed by atoms with van der Waals surface area (Å²) in [5.74, 6) is 0. The van der Waals surface area contributed by atoms with Gasteiger partial charge in [0, 0.05) is 43.5 Å². The Morgan fingerprint density at radius 2 is 1.44 bits per heavy atom. The van der Waals surface area contributed by atoms with Crippen LogP contribution in [0.25, 0.3) is 21.8 Å². The lowest BCUT2D eigenvalue weighted by Gasteiger charge is -2.27. The fourth-order valence-corrected chi connectivity index (χ4v) is 3.99. The molecule has 0 atom stereocenters. The number of rotatable bonds is 8. The molecule has 0 amide bonds. The SMILES string of the molecule is c1ccc2c(NCCCCCCN3CCNCC3)c3ccccc3nc2c1. The first-order valence-electron chi connectivity index (χ1n) is 10.4. The van der Waals surface area contributed by atoms with Gasteiger partial charge in [0.2, 0.25) is 0 Å². The molecule has 4 rings (SSSR count). The highest BCUT2D eigenvalue weighted by atomic mass is 15.2. The summed E-state index contributed by atoms with van der Waals surface area (Å²) >= 11 is 0. The molecule has 1 aliphatic heterocycles. The first-order chi connectivity index (χ1) is 13.4. The Morgan fingerprint density at radius 3 is 2.15 bits per heavy atom. The van der Waals surface area contributed by atoms with Gasteiger partial charge in [0.05, 0.1) is 16.7 Å². The summed E-state index contributed by atoms with van der Waals surface area (Å²) in [6, 6.07) is 16.9. The van der Waals surface area contributed by atoms with Crippen molar-refractivity contribution in [3.63, 3.8) is 0 Å². The third-order valence-corrected chi connectivity index (χ3v) is 5.50. The second kappa shape index (κ2) is 9.16. The van der Waals surface area contributed by atoms with Crippen molar-refractivity contribution in [2.75, 3.05) is 44.6 Å². The number of nitrogens with zero attached hydrogens (tertiary/aromatic N) is 2. The molecule has 142 valence electrons. The summed E-state index contributed by atoms with van der Waals surface area (Å²) in [5.41, 5.74) is 3.36. The van der Waals surface area contributed by atoms with E-state index in [1.54, 1.807) is 0 Å². The van der Waals surface area contributed by atoms with E-state index < -0.39 is 0 Å². The van der Waals surface area contributed by atoms with Crippen LogP contribution in [0.4, 0.5) is 5.69 Å². The molecular weight excluding hydrogens is 332 g/mol. The third-order valence-electron chi connectivity index (χ3n) is 5.50. The normalized spacial score (nSPS) is 15.4. The van der Waals surface area contributed by atoms with Gasteiger partial charge < -0.3 is 15.5 Å². The smallest absolute Gasteiger partial charge is 0.0730 e. The van der Waals surface area contributed by atoms with Gasteiger partial charge in [-0.1, -0.05) is 49.2 Å². The van der Waals surface area contributed by atoms with Gasteiger partial charge in [-0.2, -0.15) is 0 Å². The van der Waals surface area contributed by atoms with E-state index >= 15 is 0 Å². The molecule has 4 nitrogen and oxygen atoms in total. The van der Waals surface area contributed by atoms with E-state index in [2.05, 4.69) is 64.1 Å². The van der Waals surface area contributed by atoms with Crippen LogP contribution in [0.2, 0.25) is 0 Å². The Labute approximate surface area is 162 Å². The van der Waals surface area contributed by atoms with Crippen molar-refractivity contribution in [2.24, 2.45) is 0 Å². The van der Waals surface area contributed by atoms with Crippen molar-refractivity contribution in [1.82, 2.24) is 15.2 Å². The highest BCUT2D eigenvalue weighted by Gasteiger charge is 2.09. The molecule has 1 aromatic heterocycles. The molecule has 1 aliphatic rings. The van der Waals surface area contributed by atoms with Crippen LogP contribution in [0.3, 0.4) is 0 Å². The van der Waals surface area contributed by atoms with E-state index in [1.807, 2.05) is 0 Å². The average molecular weight is 363 g/mol. The molecule has 0 saturated carbocycles. The number of hydrogen-bond acceptors (Lipinski definition) is 4. The maximum absolute atomic E-state index is 4.80. The molecule has 4 heteroatoms. The number of nitrogens with one attached hydrogen (secondary N) is 2. The number of benzene rings is 2. The van der Waals surface area contributed by atoms with Crippen LogP contribution in [0.1, 0.15) is 25.7 Å². The maximum Gasteiger partial charge on any atom is 0.0730 e. The van der Waals surface area contributed by atoms with Gasteiger partial charge in [-0.25, -0.2) is 4.98 Å².